The van der Waals surface area contributed by atoms with Crippen LogP contribution in [0.3, 0.4) is 0 Å². The van der Waals surface area contributed by atoms with E-state index in [1.54, 1.807) is 36.4 Å². The van der Waals surface area contributed by atoms with E-state index < -0.39 is 29.1 Å². The van der Waals surface area contributed by atoms with E-state index in [0.29, 0.717) is 18.4 Å². The molecule has 0 saturated carbocycles. The first kappa shape index (κ1) is 31.0. The summed E-state index contributed by atoms with van der Waals surface area (Å²) in [5.41, 5.74) is 4.14. The molecule has 0 heterocycles. The van der Waals surface area contributed by atoms with Crippen LogP contribution in [-0.2, 0) is 19.3 Å². The highest BCUT2D eigenvalue weighted by atomic mass is 19.2. The molecule has 0 spiro atoms. The van der Waals surface area contributed by atoms with Crippen LogP contribution in [0.4, 0.5) is 22.0 Å². The molecule has 0 amide bonds. The molecule has 0 aromatic heterocycles. The number of hydrogen-bond acceptors (Lipinski definition) is 0. The van der Waals surface area contributed by atoms with Crippen LogP contribution in [0.5, 0.6) is 0 Å². The Morgan fingerprint density at radius 2 is 1.17 bits per heavy atom. The summed E-state index contributed by atoms with van der Waals surface area (Å²) in [4.78, 5) is 0. The average molecular weight is 575 g/mol. The fourth-order valence-electron chi connectivity index (χ4n) is 5.04. The normalized spacial score (nSPS) is 11.9. The zero-order valence-electron chi connectivity index (χ0n) is 23.8. The van der Waals surface area contributed by atoms with Crippen molar-refractivity contribution in [2.45, 2.75) is 58.3 Å². The van der Waals surface area contributed by atoms with Crippen LogP contribution < -0.4 is 0 Å². The highest BCUT2D eigenvalue weighted by molar-refractivity contribution is 5.71. The Kier molecular flexibility index (Phi) is 10.9. The van der Waals surface area contributed by atoms with Gasteiger partial charge in [-0.25, -0.2) is 22.0 Å². The Morgan fingerprint density at radius 3 is 1.74 bits per heavy atom. The maximum Gasteiger partial charge on any atom is 0.161 e. The molecule has 0 atom stereocenters. The lowest BCUT2D eigenvalue weighted by Gasteiger charge is -2.11. The Labute approximate surface area is 245 Å². The molecule has 0 unspecified atom stereocenters. The minimum Gasteiger partial charge on any atom is -0.209 e. The second-order valence-electron chi connectivity index (χ2n) is 10.6. The van der Waals surface area contributed by atoms with Crippen LogP contribution in [-0.4, -0.2) is 0 Å². The van der Waals surface area contributed by atoms with E-state index >= 15 is 4.39 Å². The van der Waals surface area contributed by atoms with E-state index in [1.165, 1.54) is 18.2 Å². The molecule has 0 N–H and O–H groups in total. The summed E-state index contributed by atoms with van der Waals surface area (Å²) in [6, 6.07) is 21.6. The van der Waals surface area contributed by atoms with Crippen LogP contribution in [0.15, 0.2) is 97.3 Å². The molecule has 5 heteroatoms. The van der Waals surface area contributed by atoms with Crippen molar-refractivity contribution in [3.05, 3.63) is 137 Å². The SMILES string of the molecule is C=CCCCCCCc1c(F)cc(-c2ccc(-c3ccc(CCc4ccc(C(F)=C(C)F)cc4)cc3)cc2F)cc1F. The van der Waals surface area contributed by atoms with Crippen molar-refractivity contribution in [3.8, 4) is 22.3 Å². The molecule has 0 saturated heterocycles. The molecule has 0 radical (unpaired) electrons. The van der Waals surface area contributed by atoms with Crippen molar-refractivity contribution >= 4 is 5.83 Å². The summed E-state index contributed by atoms with van der Waals surface area (Å²) < 4.78 is 71.5. The minimum absolute atomic E-state index is 0.0505. The molecule has 4 aromatic carbocycles. The summed E-state index contributed by atoms with van der Waals surface area (Å²) in [7, 11) is 0. The number of rotatable bonds is 13. The van der Waals surface area contributed by atoms with E-state index in [0.717, 1.165) is 62.1 Å². The molecule has 4 aromatic rings. The van der Waals surface area contributed by atoms with Gasteiger partial charge in [-0.2, -0.15) is 0 Å². The van der Waals surface area contributed by atoms with Crippen LogP contribution in [0, 0.1) is 17.5 Å². The summed E-state index contributed by atoms with van der Waals surface area (Å²) in [6.07, 6.45) is 8.19. The van der Waals surface area contributed by atoms with Gasteiger partial charge in [-0.15, -0.1) is 6.58 Å². The topological polar surface area (TPSA) is 0 Å². The summed E-state index contributed by atoms with van der Waals surface area (Å²) >= 11 is 0. The first-order valence-electron chi connectivity index (χ1n) is 14.4. The molecule has 0 aliphatic rings. The molecule has 0 aliphatic carbocycles. The van der Waals surface area contributed by atoms with Gasteiger partial charge in [0.25, 0.3) is 0 Å². The molecule has 0 bridgehead atoms. The number of benzene rings is 4. The second-order valence-corrected chi connectivity index (χ2v) is 10.6. The van der Waals surface area contributed by atoms with Crippen molar-refractivity contribution in [1.29, 1.82) is 0 Å². The van der Waals surface area contributed by atoms with Gasteiger partial charge in [0.15, 0.2) is 5.83 Å². The van der Waals surface area contributed by atoms with Crippen molar-refractivity contribution in [2.24, 2.45) is 0 Å². The Hall–Kier alpha value is -3.99. The summed E-state index contributed by atoms with van der Waals surface area (Å²) in [5, 5.41) is 0. The third kappa shape index (κ3) is 8.06. The van der Waals surface area contributed by atoms with Gasteiger partial charge < -0.3 is 0 Å². The van der Waals surface area contributed by atoms with Gasteiger partial charge in [0.1, 0.15) is 23.3 Å². The molecule has 218 valence electrons. The minimum atomic E-state index is -0.852. The van der Waals surface area contributed by atoms with Gasteiger partial charge in [-0.1, -0.05) is 79.6 Å². The number of aryl methyl sites for hydroxylation is 2. The standard InChI is InChI=1S/C37H35F5/c1-3-4-5-6-7-8-9-33-35(40)23-31(24-36(33)41)32-21-20-30(22-34(32)39)28-16-12-26(13-17-28)10-11-27-14-18-29(19-15-27)37(42)25(2)38/h3,12-24H,1,4-11H2,2H3. The molecule has 4 rings (SSSR count). The lowest BCUT2D eigenvalue weighted by atomic mass is 9.96. The predicted octanol–water partition coefficient (Wildman–Crippen LogP) is 11.5. The predicted molar refractivity (Wildman–Crippen MR) is 163 cm³/mol. The maximum absolute atomic E-state index is 15.1. The van der Waals surface area contributed by atoms with E-state index in [-0.39, 0.29) is 22.3 Å². The first-order chi connectivity index (χ1) is 20.3. The van der Waals surface area contributed by atoms with Crippen molar-refractivity contribution in [2.75, 3.05) is 0 Å². The Balaban J connectivity index is 1.38. The van der Waals surface area contributed by atoms with E-state index in [4.69, 9.17) is 0 Å². The fraction of sp³-hybridized carbons (Fsp3) is 0.243. The smallest absolute Gasteiger partial charge is 0.161 e. The van der Waals surface area contributed by atoms with Crippen LogP contribution in [0.1, 0.15) is 61.3 Å². The van der Waals surface area contributed by atoms with Crippen LogP contribution in [0.25, 0.3) is 28.1 Å². The largest absolute Gasteiger partial charge is 0.209 e. The number of unbranched alkanes of at least 4 members (excludes halogenated alkanes) is 4. The Bertz CT molecular complexity index is 1500. The Morgan fingerprint density at radius 1 is 0.619 bits per heavy atom. The highest BCUT2D eigenvalue weighted by Crippen LogP contribution is 2.31. The molecular formula is C37H35F5. The van der Waals surface area contributed by atoms with Gasteiger partial charge in [-0.05, 0) is 91.5 Å². The summed E-state index contributed by atoms with van der Waals surface area (Å²) in [5.74, 6) is -3.54. The lowest BCUT2D eigenvalue weighted by Crippen LogP contribution is -1.98. The number of allylic oxidation sites excluding steroid dienone is 2. The number of hydrogen-bond donors (Lipinski definition) is 0. The average Bonchev–Trinajstić information content (AvgIpc) is 2.99. The van der Waals surface area contributed by atoms with Gasteiger partial charge >= 0.3 is 0 Å². The zero-order valence-corrected chi connectivity index (χ0v) is 23.8. The fourth-order valence-corrected chi connectivity index (χ4v) is 5.04. The zero-order chi connectivity index (χ0) is 30.1. The first-order valence-corrected chi connectivity index (χ1v) is 14.4. The van der Waals surface area contributed by atoms with Gasteiger partial charge in [0.2, 0.25) is 0 Å². The second kappa shape index (κ2) is 14.8. The van der Waals surface area contributed by atoms with Gasteiger partial charge in [0, 0.05) is 16.7 Å². The van der Waals surface area contributed by atoms with Gasteiger partial charge in [0.05, 0.1) is 0 Å². The van der Waals surface area contributed by atoms with Crippen molar-refractivity contribution in [3.63, 3.8) is 0 Å². The van der Waals surface area contributed by atoms with Crippen molar-refractivity contribution in [1.82, 2.24) is 0 Å². The van der Waals surface area contributed by atoms with Crippen LogP contribution >= 0.6 is 0 Å². The quantitative estimate of drug-likeness (QED) is 0.0846. The van der Waals surface area contributed by atoms with Crippen molar-refractivity contribution < 1.29 is 22.0 Å². The highest BCUT2D eigenvalue weighted by Gasteiger charge is 2.15. The van der Waals surface area contributed by atoms with E-state index in [2.05, 4.69) is 6.58 Å². The van der Waals surface area contributed by atoms with Crippen LogP contribution in [0.2, 0.25) is 0 Å². The monoisotopic (exact) mass is 574 g/mol. The molecule has 0 aliphatic heterocycles. The van der Waals surface area contributed by atoms with Gasteiger partial charge in [-0.3, -0.25) is 0 Å². The lowest BCUT2D eigenvalue weighted by molar-refractivity contribution is 0.542. The van der Waals surface area contributed by atoms with E-state index in [1.807, 2.05) is 30.3 Å². The molecular weight excluding hydrogens is 539 g/mol. The maximum atomic E-state index is 15.1. The van der Waals surface area contributed by atoms with E-state index in [9.17, 15) is 17.6 Å². The number of halogens is 5. The third-order valence-corrected chi connectivity index (χ3v) is 7.51. The molecule has 42 heavy (non-hydrogen) atoms. The summed E-state index contributed by atoms with van der Waals surface area (Å²) in [6.45, 7) is 4.78. The third-order valence-electron chi connectivity index (χ3n) is 7.51. The molecule has 0 nitrogen and oxygen atoms in total. The molecule has 0 fully saturated rings.